The Kier molecular flexibility index (Phi) is 2.12. The Hall–Kier alpha value is -1.56. The minimum absolute atomic E-state index is 0.136. The molecule has 0 saturated carbocycles. The summed E-state index contributed by atoms with van der Waals surface area (Å²) in [7, 11) is 0. The van der Waals surface area contributed by atoms with Crippen molar-refractivity contribution in [2.24, 2.45) is 5.73 Å². The molecule has 3 N–H and O–H groups in total. The zero-order valence-corrected chi connectivity index (χ0v) is 7.46. The highest BCUT2D eigenvalue weighted by molar-refractivity contribution is 5.66. The number of oxazole rings is 1. The van der Waals surface area contributed by atoms with Gasteiger partial charge in [0.25, 0.3) is 0 Å². The number of carboxylic acid groups (broad SMARTS) is 1. The third kappa shape index (κ3) is 1.44. The highest BCUT2D eigenvalue weighted by Gasteiger charge is 2.36. The van der Waals surface area contributed by atoms with Gasteiger partial charge in [0.05, 0.1) is 6.20 Å². The van der Waals surface area contributed by atoms with Crippen LogP contribution in [0.15, 0.2) is 16.9 Å². The zero-order valence-electron chi connectivity index (χ0n) is 7.46. The second-order valence-electron chi connectivity index (χ2n) is 3.32. The highest BCUT2D eigenvalue weighted by atomic mass is 16.4. The van der Waals surface area contributed by atoms with Gasteiger partial charge in [-0.2, -0.15) is 0 Å². The third-order valence-corrected chi connectivity index (χ3v) is 2.32. The molecule has 1 aromatic rings. The van der Waals surface area contributed by atoms with Gasteiger partial charge >= 0.3 is 6.09 Å². The van der Waals surface area contributed by atoms with Crippen molar-refractivity contribution >= 4 is 6.09 Å². The van der Waals surface area contributed by atoms with E-state index < -0.39 is 6.09 Å². The molecular weight excluding hydrogens is 186 g/mol. The molecule has 1 aliphatic heterocycles. The van der Waals surface area contributed by atoms with E-state index in [1.807, 2.05) is 0 Å². The number of nitrogens with zero attached hydrogens (tertiary/aromatic N) is 2. The van der Waals surface area contributed by atoms with Gasteiger partial charge in [0, 0.05) is 12.6 Å². The van der Waals surface area contributed by atoms with Gasteiger partial charge in [0.15, 0.2) is 0 Å². The van der Waals surface area contributed by atoms with Gasteiger partial charge in [-0.25, -0.2) is 9.78 Å². The minimum atomic E-state index is -0.985. The molecule has 0 aliphatic carbocycles. The Balaban J connectivity index is 2.21. The fraction of sp³-hybridized carbons (Fsp3) is 0.500. The number of nitrogens with two attached hydrogens (primary N) is 1. The summed E-state index contributed by atoms with van der Waals surface area (Å²) in [6.45, 7) is 0.336. The Morgan fingerprint density at radius 2 is 2.57 bits per heavy atom. The van der Waals surface area contributed by atoms with Gasteiger partial charge in [0.1, 0.15) is 12.3 Å². The molecule has 1 aliphatic rings. The molecule has 76 valence electrons. The SMILES string of the molecule is N[C@H]1C[C@@H](c2ncco2)N(C(=O)O)C1. The van der Waals surface area contributed by atoms with Crippen LogP contribution in [0.1, 0.15) is 18.4 Å². The van der Waals surface area contributed by atoms with Gasteiger partial charge in [-0.05, 0) is 6.42 Å². The average Bonchev–Trinajstić information content (AvgIpc) is 2.70. The maximum Gasteiger partial charge on any atom is 0.408 e. The van der Waals surface area contributed by atoms with Crippen LogP contribution in [-0.4, -0.2) is 33.7 Å². The lowest BCUT2D eigenvalue weighted by atomic mass is 10.2. The van der Waals surface area contributed by atoms with Crippen LogP contribution in [0.2, 0.25) is 0 Å². The van der Waals surface area contributed by atoms with E-state index in [4.69, 9.17) is 15.3 Å². The van der Waals surface area contributed by atoms with Crippen LogP contribution in [0.5, 0.6) is 0 Å². The lowest BCUT2D eigenvalue weighted by molar-refractivity contribution is 0.133. The number of hydrogen-bond acceptors (Lipinski definition) is 4. The molecule has 1 amide bonds. The summed E-state index contributed by atoms with van der Waals surface area (Å²) >= 11 is 0. The van der Waals surface area contributed by atoms with Crippen LogP contribution < -0.4 is 5.73 Å². The van der Waals surface area contributed by atoms with E-state index in [0.29, 0.717) is 18.9 Å². The molecule has 0 aromatic carbocycles. The molecular formula is C8H11N3O3. The van der Waals surface area contributed by atoms with Gasteiger partial charge in [-0.15, -0.1) is 0 Å². The molecule has 6 heteroatoms. The van der Waals surface area contributed by atoms with Crippen molar-refractivity contribution < 1.29 is 14.3 Å². The van der Waals surface area contributed by atoms with E-state index in [1.165, 1.54) is 17.4 Å². The van der Waals surface area contributed by atoms with E-state index in [-0.39, 0.29) is 12.1 Å². The molecule has 0 unspecified atom stereocenters. The summed E-state index contributed by atoms with van der Waals surface area (Å²) < 4.78 is 5.07. The van der Waals surface area contributed by atoms with Crippen molar-refractivity contribution in [3.8, 4) is 0 Å². The van der Waals surface area contributed by atoms with Crippen molar-refractivity contribution in [3.05, 3.63) is 18.4 Å². The number of aromatic nitrogens is 1. The Labute approximate surface area is 80.3 Å². The van der Waals surface area contributed by atoms with E-state index in [0.717, 1.165) is 0 Å². The van der Waals surface area contributed by atoms with E-state index in [2.05, 4.69) is 4.98 Å². The van der Waals surface area contributed by atoms with Crippen LogP contribution >= 0.6 is 0 Å². The van der Waals surface area contributed by atoms with E-state index in [1.54, 1.807) is 0 Å². The second kappa shape index (κ2) is 3.30. The topological polar surface area (TPSA) is 92.6 Å². The second-order valence-corrected chi connectivity index (χ2v) is 3.32. The fourth-order valence-electron chi connectivity index (χ4n) is 1.71. The number of likely N-dealkylation sites (tertiary alicyclic amines) is 1. The molecule has 0 bridgehead atoms. The Morgan fingerprint density at radius 3 is 3.14 bits per heavy atom. The summed E-state index contributed by atoms with van der Waals surface area (Å²) in [6.07, 6.45) is 2.51. The number of rotatable bonds is 1. The molecule has 0 spiro atoms. The fourth-order valence-corrected chi connectivity index (χ4v) is 1.71. The van der Waals surface area contributed by atoms with Crippen LogP contribution in [0, 0.1) is 0 Å². The standard InChI is InChI=1S/C8H11N3O3/c9-5-3-6(7-10-1-2-14-7)11(4-5)8(12)13/h1-2,5-6H,3-4,9H2,(H,12,13)/t5-,6-/m0/s1. The van der Waals surface area contributed by atoms with Crippen molar-refractivity contribution in [2.75, 3.05) is 6.54 Å². The van der Waals surface area contributed by atoms with E-state index >= 15 is 0 Å². The van der Waals surface area contributed by atoms with Crippen LogP contribution in [0.3, 0.4) is 0 Å². The van der Waals surface area contributed by atoms with Gasteiger partial charge in [0.2, 0.25) is 5.89 Å². The van der Waals surface area contributed by atoms with Gasteiger partial charge in [-0.3, -0.25) is 4.90 Å². The van der Waals surface area contributed by atoms with Crippen LogP contribution in [0.4, 0.5) is 4.79 Å². The van der Waals surface area contributed by atoms with Crippen molar-refractivity contribution in [2.45, 2.75) is 18.5 Å². The first-order chi connectivity index (χ1) is 6.68. The smallest absolute Gasteiger partial charge is 0.408 e. The highest BCUT2D eigenvalue weighted by Crippen LogP contribution is 2.29. The molecule has 14 heavy (non-hydrogen) atoms. The normalized spacial score (nSPS) is 26.8. The molecule has 1 aromatic heterocycles. The maximum absolute atomic E-state index is 10.9. The summed E-state index contributed by atoms with van der Waals surface area (Å²) in [5, 5.41) is 8.90. The molecule has 1 fully saturated rings. The van der Waals surface area contributed by atoms with Crippen LogP contribution in [-0.2, 0) is 0 Å². The van der Waals surface area contributed by atoms with Crippen molar-refractivity contribution in [1.29, 1.82) is 0 Å². The number of amides is 1. The number of hydrogen-bond donors (Lipinski definition) is 2. The largest absolute Gasteiger partial charge is 0.465 e. The predicted molar refractivity (Wildman–Crippen MR) is 46.6 cm³/mol. The summed E-state index contributed by atoms with van der Waals surface area (Å²) in [5.74, 6) is 0.417. The first-order valence-electron chi connectivity index (χ1n) is 4.33. The Bertz CT molecular complexity index is 325. The lowest BCUT2D eigenvalue weighted by Gasteiger charge is -2.17. The van der Waals surface area contributed by atoms with Crippen molar-refractivity contribution in [3.63, 3.8) is 0 Å². The molecule has 1 saturated heterocycles. The minimum Gasteiger partial charge on any atom is -0.465 e. The predicted octanol–water partition coefficient (Wildman–Crippen LogP) is 0.427. The van der Waals surface area contributed by atoms with E-state index in [9.17, 15) is 4.79 Å². The molecule has 2 atom stereocenters. The maximum atomic E-state index is 10.9. The quantitative estimate of drug-likeness (QED) is 0.680. The number of carbonyl (C=O) groups is 1. The molecule has 2 heterocycles. The summed E-state index contributed by atoms with van der Waals surface area (Å²) in [6, 6.07) is -0.472. The Morgan fingerprint density at radius 1 is 1.79 bits per heavy atom. The van der Waals surface area contributed by atoms with Gasteiger partial charge in [-0.1, -0.05) is 0 Å². The first kappa shape index (κ1) is 9.01. The van der Waals surface area contributed by atoms with Gasteiger partial charge < -0.3 is 15.3 Å². The first-order valence-corrected chi connectivity index (χ1v) is 4.33. The summed E-state index contributed by atoms with van der Waals surface area (Å²) in [5.41, 5.74) is 5.68. The van der Waals surface area contributed by atoms with Crippen molar-refractivity contribution in [1.82, 2.24) is 9.88 Å². The zero-order chi connectivity index (χ0) is 10.1. The monoisotopic (exact) mass is 197 g/mol. The lowest BCUT2D eigenvalue weighted by Crippen LogP contribution is -2.32. The molecule has 0 radical (unpaired) electrons. The molecule has 6 nitrogen and oxygen atoms in total. The average molecular weight is 197 g/mol. The summed E-state index contributed by atoms with van der Waals surface area (Å²) in [4.78, 5) is 16.1. The third-order valence-electron chi connectivity index (χ3n) is 2.32. The molecule has 2 rings (SSSR count). The van der Waals surface area contributed by atoms with Crippen LogP contribution in [0.25, 0.3) is 0 Å².